The van der Waals surface area contributed by atoms with Gasteiger partial charge in [-0.05, 0) is 26.0 Å². The molecule has 1 aromatic heterocycles. The molecule has 0 radical (unpaired) electrons. The van der Waals surface area contributed by atoms with Gasteiger partial charge in [0.05, 0.1) is 26.2 Å². The Labute approximate surface area is 116 Å². The van der Waals surface area contributed by atoms with E-state index in [1.165, 1.54) is 11.9 Å². The first-order valence-corrected chi connectivity index (χ1v) is 5.95. The van der Waals surface area contributed by atoms with Gasteiger partial charge in [-0.1, -0.05) is 0 Å². The van der Waals surface area contributed by atoms with Crippen molar-refractivity contribution in [2.24, 2.45) is 7.05 Å². The van der Waals surface area contributed by atoms with E-state index < -0.39 is 17.3 Å². The van der Waals surface area contributed by atoms with Crippen molar-refractivity contribution in [1.82, 2.24) is 25.5 Å². The van der Waals surface area contributed by atoms with Crippen LogP contribution in [0.25, 0.3) is 0 Å². The van der Waals surface area contributed by atoms with E-state index in [4.69, 9.17) is 9.47 Å². The first-order chi connectivity index (χ1) is 9.22. The molecule has 0 aromatic carbocycles. The van der Waals surface area contributed by atoms with E-state index in [0.29, 0.717) is 6.41 Å². The van der Waals surface area contributed by atoms with Gasteiger partial charge in [-0.3, -0.25) is 4.79 Å². The molecule has 0 aliphatic rings. The SMILES string of the molecule is COC(=O)C(Cc1nnn(C)n1)(NC=O)OC(C)(C)C. The van der Waals surface area contributed by atoms with Gasteiger partial charge in [-0.15, -0.1) is 10.2 Å². The Bertz CT molecular complexity index is 481. The highest BCUT2D eigenvalue weighted by atomic mass is 16.6. The molecule has 0 saturated heterocycles. The number of esters is 1. The molecule has 20 heavy (non-hydrogen) atoms. The Morgan fingerprint density at radius 3 is 2.50 bits per heavy atom. The fourth-order valence-corrected chi connectivity index (χ4v) is 1.69. The predicted octanol–water partition coefficient (Wildman–Crippen LogP) is -0.817. The lowest BCUT2D eigenvalue weighted by Gasteiger charge is -2.35. The summed E-state index contributed by atoms with van der Waals surface area (Å²) in [6.45, 7) is 5.25. The molecule has 0 fully saturated rings. The van der Waals surface area contributed by atoms with Crippen LogP contribution >= 0.6 is 0 Å². The van der Waals surface area contributed by atoms with Crippen molar-refractivity contribution in [2.75, 3.05) is 7.11 Å². The second-order valence-electron chi connectivity index (χ2n) is 5.17. The Morgan fingerprint density at radius 1 is 1.45 bits per heavy atom. The van der Waals surface area contributed by atoms with Crippen LogP contribution in [0.15, 0.2) is 0 Å². The Morgan fingerprint density at radius 2 is 2.10 bits per heavy atom. The first-order valence-electron chi connectivity index (χ1n) is 5.95. The van der Waals surface area contributed by atoms with Crippen molar-refractivity contribution in [2.45, 2.75) is 38.5 Å². The van der Waals surface area contributed by atoms with Crippen LogP contribution < -0.4 is 5.32 Å². The van der Waals surface area contributed by atoms with Crippen molar-refractivity contribution < 1.29 is 19.1 Å². The van der Waals surface area contributed by atoms with Crippen LogP contribution in [0.5, 0.6) is 0 Å². The maximum absolute atomic E-state index is 12.1. The molecule has 1 atom stereocenters. The highest BCUT2D eigenvalue weighted by Gasteiger charge is 2.45. The molecule has 1 rings (SSSR count). The molecule has 1 heterocycles. The number of carbonyl (C=O) groups excluding carboxylic acids is 2. The zero-order valence-electron chi connectivity index (χ0n) is 12.2. The lowest BCUT2D eigenvalue weighted by molar-refractivity contribution is -0.195. The van der Waals surface area contributed by atoms with Crippen LogP contribution in [0.2, 0.25) is 0 Å². The molecule has 0 aliphatic heterocycles. The number of aromatic nitrogens is 4. The highest BCUT2D eigenvalue weighted by Crippen LogP contribution is 2.22. The number of amides is 1. The summed E-state index contributed by atoms with van der Waals surface area (Å²) in [5, 5.41) is 13.8. The molecule has 9 heteroatoms. The summed E-state index contributed by atoms with van der Waals surface area (Å²) >= 11 is 0. The van der Waals surface area contributed by atoms with Gasteiger partial charge in [-0.2, -0.15) is 4.80 Å². The van der Waals surface area contributed by atoms with Gasteiger partial charge >= 0.3 is 5.97 Å². The smallest absolute Gasteiger partial charge is 0.360 e. The van der Waals surface area contributed by atoms with Crippen molar-refractivity contribution in [1.29, 1.82) is 0 Å². The Hall–Kier alpha value is -2.03. The van der Waals surface area contributed by atoms with Crippen LogP contribution in [0, 0.1) is 0 Å². The van der Waals surface area contributed by atoms with Gasteiger partial charge < -0.3 is 14.8 Å². The third kappa shape index (κ3) is 3.98. The van der Waals surface area contributed by atoms with E-state index in [9.17, 15) is 9.59 Å². The Balaban J connectivity index is 3.14. The number of carbonyl (C=O) groups is 2. The summed E-state index contributed by atoms with van der Waals surface area (Å²) in [4.78, 5) is 24.2. The number of methoxy groups -OCH3 is 1. The lowest BCUT2D eigenvalue weighted by atomic mass is 10.1. The zero-order valence-corrected chi connectivity index (χ0v) is 12.2. The average molecular weight is 285 g/mol. The molecule has 1 amide bonds. The monoisotopic (exact) mass is 285 g/mol. The number of rotatable bonds is 6. The second kappa shape index (κ2) is 5.95. The van der Waals surface area contributed by atoms with Gasteiger partial charge in [0.25, 0.3) is 0 Å². The van der Waals surface area contributed by atoms with Gasteiger partial charge in [0, 0.05) is 0 Å². The Kier molecular flexibility index (Phi) is 4.77. The summed E-state index contributed by atoms with van der Waals surface area (Å²) in [5.74, 6) is -0.497. The first kappa shape index (κ1) is 16.0. The topological polar surface area (TPSA) is 108 Å². The summed E-state index contributed by atoms with van der Waals surface area (Å²) in [6, 6.07) is 0. The minimum Gasteiger partial charge on any atom is -0.465 e. The minimum atomic E-state index is -1.70. The van der Waals surface area contributed by atoms with E-state index in [1.54, 1.807) is 27.8 Å². The molecule has 0 bridgehead atoms. The second-order valence-corrected chi connectivity index (χ2v) is 5.17. The summed E-state index contributed by atoms with van der Waals surface area (Å²) in [7, 11) is 2.80. The third-order valence-corrected chi connectivity index (χ3v) is 2.24. The number of aryl methyl sites for hydroxylation is 1. The number of tetrazole rings is 1. The highest BCUT2D eigenvalue weighted by molar-refractivity contribution is 5.81. The number of ether oxygens (including phenoxy) is 2. The van der Waals surface area contributed by atoms with Crippen LogP contribution in [0.1, 0.15) is 26.6 Å². The van der Waals surface area contributed by atoms with Gasteiger partial charge in [0.15, 0.2) is 5.82 Å². The van der Waals surface area contributed by atoms with E-state index in [-0.39, 0.29) is 12.2 Å². The van der Waals surface area contributed by atoms with Crippen molar-refractivity contribution >= 4 is 12.4 Å². The molecular formula is C11H19N5O4. The summed E-state index contributed by atoms with van der Waals surface area (Å²) < 4.78 is 10.4. The summed E-state index contributed by atoms with van der Waals surface area (Å²) in [5.41, 5.74) is -2.40. The molecule has 0 saturated carbocycles. The molecule has 9 nitrogen and oxygen atoms in total. The molecule has 1 unspecified atom stereocenters. The van der Waals surface area contributed by atoms with Gasteiger partial charge in [0.2, 0.25) is 12.1 Å². The predicted molar refractivity (Wildman–Crippen MR) is 67.3 cm³/mol. The third-order valence-electron chi connectivity index (χ3n) is 2.24. The van der Waals surface area contributed by atoms with E-state index in [2.05, 4.69) is 20.7 Å². The van der Waals surface area contributed by atoms with Crippen LogP contribution in [0.4, 0.5) is 0 Å². The number of hydrogen-bond donors (Lipinski definition) is 1. The molecule has 0 aliphatic carbocycles. The average Bonchev–Trinajstić information content (AvgIpc) is 2.71. The summed E-state index contributed by atoms with van der Waals surface area (Å²) in [6.07, 6.45) is 0.280. The molecule has 1 aromatic rings. The molecule has 112 valence electrons. The fourth-order valence-electron chi connectivity index (χ4n) is 1.69. The minimum absolute atomic E-state index is 0.0937. The number of nitrogens with one attached hydrogen (secondary N) is 1. The van der Waals surface area contributed by atoms with Crippen molar-refractivity contribution in [3.8, 4) is 0 Å². The van der Waals surface area contributed by atoms with Gasteiger partial charge in [-0.25, -0.2) is 4.79 Å². The number of hydrogen-bond acceptors (Lipinski definition) is 7. The van der Waals surface area contributed by atoms with E-state index in [1.807, 2.05) is 0 Å². The maximum Gasteiger partial charge on any atom is 0.360 e. The largest absolute Gasteiger partial charge is 0.465 e. The van der Waals surface area contributed by atoms with Crippen molar-refractivity contribution in [3.63, 3.8) is 0 Å². The maximum atomic E-state index is 12.1. The fraction of sp³-hybridized carbons (Fsp3) is 0.727. The van der Waals surface area contributed by atoms with E-state index in [0.717, 1.165) is 0 Å². The quantitative estimate of drug-likeness (QED) is 0.413. The van der Waals surface area contributed by atoms with Crippen LogP contribution in [-0.2, 0) is 32.5 Å². The normalized spacial score (nSPS) is 14.4. The number of nitrogens with zero attached hydrogens (tertiary/aromatic N) is 4. The molecular weight excluding hydrogens is 266 g/mol. The van der Waals surface area contributed by atoms with Crippen LogP contribution in [-0.4, -0.2) is 51.0 Å². The molecule has 1 N–H and O–H groups in total. The standard InChI is InChI=1S/C11H19N5O4/c1-10(2,3)20-11(12-7-17,9(18)19-5)6-8-13-15-16(4)14-8/h7H,6H2,1-5H3,(H,12,17). The van der Waals surface area contributed by atoms with Crippen molar-refractivity contribution in [3.05, 3.63) is 5.82 Å². The molecule has 0 spiro atoms. The zero-order chi connectivity index (χ0) is 15.4. The van der Waals surface area contributed by atoms with E-state index >= 15 is 0 Å². The lowest BCUT2D eigenvalue weighted by Crippen LogP contribution is -2.59. The van der Waals surface area contributed by atoms with Gasteiger partial charge in [0.1, 0.15) is 0 Å². The van der Waals surface area contributed by atoms with Crippen LogP contribution in [0.3, 0.4) is 0 Å².